The third-order valence-electron chi connectivity index (χ3n) is 4.00. The smallest absolute Gasteiger partial charge is 0.151 e. The number of methoxy groups -OCH3 is 1. The third kappa shape index (κ3) is 3.22. The highest BCUT2D eigenvalue weighted by atomic mass is 32.2. The number of hydrogen-bond acceptors (Lipinski definition) is 4. The van der Waals surface area contributed by atoms with E-state index in [1.54, 1.807) is 7.11 Å². The van der Waals surface area contributed by atoms with Gasteiger partial charge < -0.3 is 14.6 Å². The topological polar surface area (TPSA) is 60.3 Å². The van der Waals surface area contributed by atoms with Crippen molar-refractivity contribution in [1.82, 2.24) is 9.88 Å². The van der Waals surface area contributed by atoms with Crippen LogP contribution in [-0.4, -0.2) is 44.2 Å². The minimum absolute atomic E-state index is 0.108. The molecule has 0 amide bonds. The Labute approximate surface area is 124 Å². The summed E-state index contributed by atoms with van der Waals surface area (Å²) in [7, 11) is -1.14. The number of sulfone groups is 1. The fourth-order valence-corrected chi connectivity index (χ4v) is 4.55. The van der Waals surface area contributed by atoms with Crippen LogP contribution in [0.2, 0.25) is 0 Å². The van der Waals surface area contributed by atoms with Gasteiger partial charge in [0, 0.05) is 36.2 Å². The van der Waals surface area contributed by atoms with Crippen molar-refractivity contribution in [3.05, 3.63) is 30.5 Å². The molecule has 2 aromatic rings. The quantitative estimate of drug-likeness (QED) is 0.908. The lowest BCUT2D eigenvalue weighted by Gasteiger charge is -2.12. The van der Waals surface area contributed by atoms with E-state index in [9.17, 15) is 8.42 Å². The van der Waals surface area contributed by atoms with Gasteiger partial charge in [-0.15, -0.1) is 0 Å². The van der Waals surface area contributed by atoms with E-state index in [0.717, 1.165) is 36.2 Å². The van der Waals surface area contributed by atoms with E-state index in [1.807, 2.05) is 18.2 Å². The Morgan fingerprint density at radius 1 is 1.38 bits per heavy atom. The van der Waals surface area contributed by atoms with Crippen LogP contribution in [0.3, 0.4) is 0 Å². The van der Waals surface area contributed by atoms with Crippen molar-refractivity contribution in [3.8, 4) is 5.75 Å². The summed E-state index contributed by atoms with van der Waals surface area (Å²) in [5.74, 6) is 1.45. The lowest BCUT2D eigenvalue weighted by Crippen LogP contribution is -2.32. The summed E-state index contributed by atoms with van der Waals surface area (Å²) in [6, 6.07) is 8.20. The second-order valence-electron chi connectivity index (χ2n) is 5.49. The average Bonchev–Trinajstić information content (AvgIpc) is 3.02. The van der Waals surface area contributed by atoms with Crippen molar-refractivity contribution in [1.29, 1.82) is 0 Å². The van der Waals surface area contributed by atoms with Crippen LogP contribution in [-0.2, 0) is 16.4 Å². The molecule has 3 rings (SSSR count). The minimum atomic E-state index is -2.81. The molecule has 1 aromatic carbocycles. The highest BCUT2D eigenvalue weighted by molar-refractivity contribution is 7.91. The number of nitrogens with one attached hydrogen (secondary N) is 1. The number of aromatic nitrogens is 1. The maximum atomic E-state index is 11.4. The summed E-state index contributed by atoms with van der Waals surface area (Å²) in [5, 5.41) is 4.49. The Bertz CT molecular complexity index is 736. The molecule has 1 aromatic heterocycles. The number of rotatable bonds is 5. The van der Waals surface area contributed by atoms with E-state index < -0.39 is 9.84 Å². The second kappa shape index (κ2) is 5.69. The molecule has 1 atom stereocenters. The van der Waals surface area contributed by atoms with Gasteiger partial charge in [0.25, 0.3) is 0 Å². The molecule has 5 nitrogen and oxygen atoms in total. The molecule has 6 heteroatoms. The average molecular weight is 308 g/mol. The van der Waals surface area contributed by atoms with Crippen LogP contribution in [0.25, 0.3) is 10.9 Å². The van der Waals surface area contributed by atoms with Crippen LogP contribution in [0.5, 0.6) is 5.75 Å². The fraction of sp³-hybridized carbons (Fsp3) is 0.467. The fourth-order valence-electron chi connectivity index (χ4n) is 2.85. The van der Waals surface area contributed by atoms with E-state index in [2.05, 4.69) is 22.1 Å². The molecule has 1 aliphatic heterocycles. The first-order valence-corrected chi connectivity index (χ1v) is 8.96. The van der Waals surface area contributed by atoms with Crippen LogP contribution >= 0.6 is 0 Å². The van der Waals surface area contributed by atoms with Crippen molar-refractivity contribution >= 4 is 20.7 Å². The zero-order valence-corrected chi connectivity index (χ0v) is 12.9. The number of benzene rings is 1. The maximum absolute atomic E-state index is 11.4. The molecule has 0 aliphatic carbocycles. The SMILES string of the molecule is COc1ccc2c(ccn2CCNC2CCS(=O)(=O)C2)c1. The predicted octanol–water partition coefficient (Wildman–Crippen LogP) is 1.43. The lowest BCUT2D eigenvalue weighted by molar-refractivity contribution is 0.415. The van der Waals surface area contributed by atoms with Crippen LogP contribution in [0, 0.1) is 0 Å². The van der Waals surface area contributed by atoms with Gasteiger partial charge >= 0.3 is 0 Å². The van der Waals surface area contributed by atoms with E-state index in [1.165, 1.54) is 0 Å². The van der Waals surface area contributed by atoms with Gasteiger partial charge in [-0.1, -0.05) is 0 Å². The van der Waals surface area contributed by atoms with Crippen LogP contribution in [0.1, 0.15) is 6.42 Å². The van der Waals surface area contributed by atoms with E-state index in [4.69, 9.17) is 4.74 Å². The zero-order chi connectivity index (χ0) is 14.9. The standard InChI is InChI=1S/C15H20N2O3S/c1-20-14-2-3-15-12(10-14)4-7-17(15)8-6-16-13-5-9-21(18,19)11-13/h2-4,7,10,13,16H,5-6,8-9,11H2,1H3. The molecule has 0 radical (unpaired) electrons. The Morgan fingerprint density at radius 2 is 2.24 bits per heavy atom. The molecule has 1 unspecified atom stereocenters. The number of ether oxygens (including phenoxy) is 1. The van der Waals surface area contributed by atoms with Gasteiger partial charge in [0.15, 0.2) is 9.84 Å². The molecule has 1 fully saturated rings. The van der Waals surface area contributed by atoms with Crippen molar-refractivity contribution in [2.24, 2.45) is 0 Å². The second-order valence-corrected chi connectivity index (χ2v) is 7.72. The molecular formula is C15H20N2O3S. The van der Waals surface area contributed by atoms with E-state index in [0.29, 0.717) is 5.75 Å². The third-order valence-corrected chi connectivity index (χ3v) is 5.76. The number of fused-ring (bicyclic) bond motifs is 1. The molecule has 1 aliphatic rings. The summed E-state index contributed by atoms with van der Waals surface area (Å²) in [6.07, 6.45) is 2.78. The Balaban J connectivity index is 1.61. The largest absolute Gasteiger partial charge is 0.497 e. The molecule has 0 saturated carbocycles. The lowest BCUT2D eigenvalue weighted by atomic mass is 10.2. The summed E-state index contributed by atoms with van der Waals surface area (Å²) in [4.78, 5) is 0. The monoisotopic (exact) mass is 308 g/mol. The summed E-state index contributed by atoms with van der Waals surface area (Å²) >= 11 is 0. The normalized spacial score (nSPS) is 20.9. The maximum Gasteiger partial charge on any atom is 0.151 e. The first-order chi connectivity index (χ1) is 10.1. The molecule has 21 heavy (non-hydrogen) atoms. The molecule has 114 valence electrons. The number of nitrogens with zero attached hydrogens (tertiary/aromatic N) is 1. The van der Waals surface area contributed by atoms with Gasteiger partial charge in [0.2, 0.25) is 0 Å². The molecule has 0 bridgehead atoms. The van der Waals surface area contributed by atoms with Crippen LogP contribution in [0.15, 0.2) is 30.5 Å². The van der Waals surface area contributed by atoms with Gasteiger partial charge in [-0.2, -0.15) is 0 Å². The van der Waals surface area contributed by atoms with Crippen molar-refractivity contribution in [3.63, 3.8) is 0 Å². The molecule has 1 N–H and O–H groups in total. The van der Waals surface area contributed by atoms with Crippen molar-refractivity contribution < 1.29 is 13.2 Å². The van der Waals surface area contributed by atoms with E-state index in [-0.39, 0.29) is 11.8 Å². The Hall–Kier alpha value is -1.53. The van der Waals surface area contributed by atoms with Gasteiger partial charge in [-0.25, -0.2) is 8.42 Å². The molecule has 1 saturated heterocycles. The van der Waals surface area contributed by atoms with Gasteiger partial charge in [0.1, 0.15) is 5.75 Å². The highest BCUT2D eigenvalue weighted by Gasteiger charge is 2.26. The van der Waals surface area contributed by atoms with E-state index >= 15 is 0 Å². The van der Waals surface area contributed by atoms with Crippen LogP contribution in [0.4, 0.5) is 0 Å². The first-order valence-electron chi connectivity index (χ1n) is 7.14. The summed E-state index contributed by atoms with van der Waals surface area (Å²) < 4.78 is 30.2. The summed E-state index contributed by atoms with van der Waals surface area (Å²) in [6.45, 7) is 1.60. The van der Waals surface area contributed by atoms with Crippen LogP contribution < -0.4 is 10.1 Å². The van der Waals surface area contributed by atoms with Crippen molar-refractivity contribution in [2.75, 3.05) is 25.2 Å². The zero-order valence-electron chi connectivity index (χ0n) is 12.1. The van der Waals surface area contributed by atoms with Gasteiger partial charge in [0.05, 0.1) is 18.6 Å². The van der Waals surface area contributed by atoms with Gasteiger partial charge in [-0.05, 0) is 30.7 Å². The van der Waals surface area contributed by atoms with Gasteiger partial charge in [-0.3, -0.25) is 0 Å². The Kier molecular flexibility index (Phi) is 3.91. The number of hydrogen-bond donors (Lipinski definition) is 1. The minimum Gasteiger partial charge on any atom is -0.497 e. The highest BCUT2D eigenvalue weighted by Crippen LogP contribution is 2.21. The van der Waals surface area contributed by atoms with Crippen molar-refractivity contribution in [2.45, 2.75) is 19.0 Å². The summed E-state index contributed by atoms with van der Waals surface area (Å²) in [5.41, 5.74) is 1.16. The molecule has 2 heterocycles. The Morgan fingerprint density at radius 3 is 2.95 bits per heavy atom. The first kappa shape index (κ1) is 14.4. The molecular weight excluding hydrogens is 288 g/mol. The predicted molar refractivity (Wildman–Crippen MR) is 83.6 cm³/mol. The molecule has 0 spiro atoms.